The molecule has 0 fully saturated rings. The van der Waals surface area contributed by atoms with E-state index < -0.39 is 11.6 Å². The maximum absolute atomic E-state index is 13.4. The summed E-state index contributed by atoms with van der Waals surface area (Å²) in [6, 6.07) is 13.1. The lowest BCUT2D eigenvalue weighted by Gasteiger charge is -2.23. The molecule has 1 unspecified atom stereocenters. The van der Waals surface area contributed by atoms with E-state index >= 15 is 0 Å². The number of likely N-dealkylation sites (N-methyl/N-ethyl adjacent to an activating group) is 1. The number of anilines is 1. The van der Waals surface area contributed by atoms with E-state index in [1.165, 1.54) is 17.4 Å². The fourth-order valence-corrected chi connectivity index (χ4v) is 3.26. The van der Waals surface area contributed by atoms with Gasteiger partial charge in [-0.1, -0.05) is 30.3 Å². The van der Waals surface area contributed by atoms with Gasteiger partial charge in [-0.2, -0.15) is 0 Å². The average molecular weight is 387 g/mol. The summed E-state index contributed by atoms with van der Waals surface area (Å²) in [5.74, 6) is -2.01. The lowest BCUT2D eigenvalue weighted by Crippen LogP contribution is -2.39. The van der Waals surface area contributed by atoms with E-state index in [0.717, 1.165) is 17.7 Å². The van der Waals surface area contributed by atoms with Crippen molar-refractivity contribution in [3.8, 4) is 11.3 Å². The molecule has 0 saturated carbocycles. The number of carbonyl (C=O) groups excluding carboxylic acids is 1. The number of rotatable bonds is 6. The molecule has 0 aliphatic heterocycles. The van der Waals surface area contributed by atoms with Crippen LogP contribution in [-0.2, 0) is 11.3 Å². The number of carbonyl (C=O) groups is 1. The Morgan fingerprint density at radius 1 is 1.19 bits per heavy atom. The van der Waals surface area contributed by atoms with Gasteiger partial charge in [0.2, 0.25) is 5.91 Å². The molecule has 27 heavy (non-hydrogen) atoms. The lowest BCUT2D eigenvalue weighted by atomic mass is 10.2. The first-order chi connectivity index (χ1) is 12.9. The fraction of sp³-hybridized carbons (Fsp3) is 0.200. The first kappa shape index (κ1) is 19.1. The highest BCUT2D eigenvalue weighted by Gasteiger charge is 2.19. The molecule has 3 aromatic rings. The van der Waals surface area contributed by atoms with E-state index in [1.54, 1.807) is 5.38 Å². The first-order valence-electron chi connectivity index (χ1n) is 8.40. The highest BCUT2D eigenvalue weighted by Crippen LogP contribution is 2.26. The molecule has 0 saturated heterocycles. The summed E-state index contributed by atoms with van der Waals surface area (Å²) in [5.41, 5.74) is 2.06. The van der Waals surface area contributed by atoms with Crippen LogP contribution in [0.5, 0.6) is 0 Å². The maximum atomic E-state index is 13.4. The minimum atomic E-state index is -0.928. The molecule has 1 N–H and O–H groups in total. The molecule has 4 nitrogen and oxygen atoms in total. The highest BCUT2D eigenvalue weighted by atomic mass is 32.1. The number of thiazole rings is 1. The summed E-state index contributed by atoms with van der Waals surface area (Å²) in [7, 11) is 1.88. The molecule has 0 bridgehead atoms. The number of amides is 1. The smallest absolute Gasteiger partial charge is 0.243 e. The summed E-state index contributed by atoms with van der Waals surface area (Å²) in [4.78, 5) is 18.7. The molecular formula is C20H19F2N3OS. The van der Waals surface area contributed by atoms with Crippen LogP contribution in [0.1, 0.15) is 12.5 Å². The molecular weight excluding hydrogens is 368 g/mol. The second-order valence-electron chi connectivity index (χ2n) is 6.23. The summed E-state index contributed by atoms with van der Waals surface area (Å²) >= 11 is 1.24. The average Bonchev–Trinajstić information content (AvgIpc) is 3.12. The second-order valence-corrected chi connectivity index (χ2v) is 7.09. The second kappa shape index (κ2) is 8.37. The number of benzene rings is 2. The minimum absolute atomic E-state index is 0.181. The third-order valence-electron chi connectivity index (χ3n) is 4.27. The Bertz CT molecular complexity index is 930. The Labute approximate surface area is 160 Å². The van der Waals surface area contributed by atoms with Crippen molar-refractivity contribution in [2.24, 2.45) is 0 Å². The van der Waals surface area contributed by atoms with Crippen molar-refractivity contribution < 1.29 is 13.6 Å². The maximum Gasteiger partial charge on any atom is 0.243 e. The molecule has 140 valence electrons. The topological polar surface area (TPSA) is 45.2 Å². The SMILES string of the molecule is CC(C(=O)Nc1nc(-c2ccc(F)c(F)c2)cs1)N(C)Cc1ccccc1. The Balaban J connectivity index is 1.63. The molecule has 1 atom stereocenters. The lowest BCUT2D eigenvalue weighted by molar-refractivity contribution is -0.120. The quantitative estimate of drug-likeness (QED) is 0.675. The van der Waals surface area contributed by atoms with Gasteiger partial charge in [0.1, 0.15) is 0 Å². The minimum Gasteiger partial charge on any atom is -0.301 e. The zero-order valence-electron chi connectivity index (χ0n) is 14.9. The molecule has 1 amide bonds. The van der Waals surface area contributed by atoms with Crippen molar-refractivity contribution in [1.29, 1.82) is 0 Å². The van der Waals surface area contributed by atoms with Crippen molar-refractivity contribution in [1.82, 2.24) is 9.88 Å². The monoisotopic (exact) mass is 387 g/mol. The van der Waals surface area contributed by atoms with Crippen LogP contribution in [0.2, 0.25) is 0 Å². The number of hydrogen-bond acceptors (Lipinski definition) is 4. The van der Waals surface area contributed by atoms with Crippen LogP contribution in [0.25, 0.3) is 11.3 Å². The van der Waals surface area contributed by atoms with Gasteiger partial charge in [-0.15, -0.1) is 11.3 Å². The van der Waals surface area contributed by atoms with Crippen molar-refractivity contribution in [3.05, 3.63) is 71.1 Å². The van der Waals surface area contributed by atoms with Gasteiger partial charge in [-0.25, -0.2) is 13.8 Å². The third kappa shape index (κ3) is 4.75. The van der Waals surface area contributed by atoms with Crippen LogP contribution in [-0.4, -0.2) is 28.9 Å². The summed E-state index contributed by atoms with van der Waals surface area (Å²) in [6.45, 7) is 2.47. The van der Waals surface area contributed by atoms with E-state index in [0.29, 0.717) is 22.9 Å². The molecule has 2 aromatic carbocycles. The van der Waals surface area contributed by atoms with Gasteiger partial charge in [-0.05, 0) is 37.7 Å². The Morgan fingerprint density at radius 2 is 1.93 bits per heavy atom. The van der Waals surface area contributed by atoms with Crippen molar-refractivity contribution in [2.45, 2.75) is 19.5 Å². The molecule has 0 radical (unpaired) electrons. The van der Waals surface area contributed by atoms with E-state index in [9.17, 15) is 13.6 Å². The van der Waals surface area contributed by atoms with Gasteiger partial charge < -0.3 is 5.32 Å². The molecule has 0 spiro atoms. The van der Waals surface area contributed by atoms with E-state index in [1.807, 2.05) is 49.2 Å². The van der Waals surface area contributed by atoms with Gasteiger partial charge in [0.15, 0.2) is 16.8 Å². The van der Waals surface area contributed by atoms with Gasteiger partial charge >= 0.3 is 0 Å². The van der Waals surface area contributed by atoms with Crippen LogP contribution >= 0.6 is 11.3 Å². The number of halogens is 2. The Hall–Kier alpha value is -2.64. The van der Waals surface area contributed by atoms with Crippen LogP contribution in [0.3, 0.4) is 0 Å². The normalized spacial score (nSPS) is 12.2. The molecule has 7 heteroatoms. The molecule has 0 aliphatic carbocycles. The summed E-state index contributed by atoms with van der Waals surface area (Å²) < 4.78 is 26.4. The van der Waals surface area contributed by atoms with Crippen LogP contribution < -0.4 is 5.32 Å². The molecule has 3 rings (SSSR count). The largest absolute Gasteiger partial charge is 0.301 e. The third-order valence-corrected chi connectivity index (χ3v) is 5.02. The van der Waals surface area contributed by atoms with Crippen LogP contribution in [0.4, 0.5) is 13.9 Å². The van der Waals surface area contributed by atoms with Gasteiger partial charge in [0, 0.05) is 17.5 Å². The Kier molecular flexibility index (Phi) is 5.93. The standard InChI is InChI=1S/C20H19F2N3OS/c1-13(25(2)11-14-6-4-3-5-7-14)19(26)24-20-23-18(12-27-20)15-8-9-16(21)17(22)10-15/h3-10,12-13H,11H2,1-2H3,(H,23,24,26). The van der Waals surface area contributed by atoms with Crippen molar-refractivity contribution in [3.63, 3.8) is 0 Å². The van der Waals surface area contributed by atoms with Crippen molar-refractivity contribution in [2.75, 3.05) is 12.4 Å². The van der Waals surface area contributed by atoms with Gasteiger partial charge in [0.05, 0.1) is 11.7 Å². The molecule has 0 aliphatic rings. The molecule has 1 heterocycles. The predicted molar refractivity (Wildman–Crippen MR) is 103 cm³/mol. The number of nitrogens with zero attached hydrogens (tertiary/aromatic N) is 2. The van der Waals surface area contributed by atoms with Crippen molar-refractivity contribution >= 4 is 22.4 Å². The summed E-state index contributed by atoms with van der Waals surface area (Å²) in [5, 5.41) is 4.89. The predicted octanol–water partition coefficient (Wildman–Crippen LogP) is 4.55. The highest BCUT2D eigenvalue weighted by molar-refractivity contribution is 7.14. The van der Waals surface area contributed by atoms with Gasteiger partial charge in [-0.3, -0.25) is 9.69 Å². The molecule has 1 aromatic heterocycles. The van der Waals surface area contributed by atoms with Crippen LogP contribution in [0, 0.1) is 11.6 Å². The summed E-state index contributed by atoms with van der Waals surface area (Å²) in [6.07, 6.45) is 0. The van der Waals surface area contributed by atoms with E-state index in [4.69, 9.17) is 0 Å². The zero-order valence-corrected chi connectivity index (χ0v) is 15.8. The van der Waals surface area contributed by atoms with Gasteiger partial charge in [0.25, 0.3) is 0 Å². The van der Waals surface area contributed by atoms with E-state index in [-0.39, 0.29) is 11.9 Å². The number of aromatic nitrogens is 1. The van der Waals surface area contributed by atoms with E-state index in [2.05, 4.69) is 10.3 Å². The zero-order chi connectivity index (χ0) is 19.4. The first-order valence-corrected chi connectivity index (χ1v) is 9.28. The number of hydrogen-bond donors (Lipinski definition) is 1. The number of nitrogens with one attached hydrogen (secondary N) is 1. The van der Waals surface area contributed by atoms with Crippen LogP contribution in [0.15, 0.2) is 53.9 Å². The Morgan fingerprint density at radius 3 is 2.63 bits per heavy atom. The fourth-order valence-electron chi connectivity index (χ4n) is 2.54.